The van der Waals surface area contributed by atoms with Gasteiger partial charge in [0.1, 0.15) is 5.54 Å². The van der Waals surface area contributed by atoms with Gasteiger partial charge in [-0.05, 0) is 57.3 Å². The van der Waals surface area contributed by atoms with E-state index in [9.17, 15) is 5.26 Å². The van der Waals surface area contributed by atoms with Crippen LogP contribution < -0.4 is 5.32 Å². The molecule has 1 heterocycles. The third-order valence-corrected chi connectivity index (χ3v) is 5.04. The summed E-state index contributed by atoms with van der Waals surface area (Å²) in [5.74, 6) is 0.537. The highest BCUT2D eigenvalue weighted by Crippen LogP contribution is 2.42. The fourth-order valence-electron chi connectivity index (χ4n) is 3.56. The van der Waals surface area contributed by atoms with Crippen LogP contribution in [0, 0.1) is 17.2 Å². The summed E-state index contributed by atoms with van der Waals surface area (Å²) >= 11 is 0. The summed E-state index contributed by atoms with van der Waals surface area (Å²) in [4.78, 5) is 4.58. The summed E-state index contributed by atoms with van der Waals surface area (Å²) in [6.07, 6.45) is 11.6. The number of fused-ring (bicyclic) bond motifs is 1. The Morgan fingerprint density at radius 1 is 1.30 bits per heavy atom. The van der Waals surface area contributed by atoms with Gasteiger partial charge in [0, 0.05) is 11.7 Å². The van der Waals surface area contributed by atoms with Crippen molar-refractivity contribution in [1.82, 2.24) is 14.9 Å². The lowest BCUT2D eigenvalue weighted by atomic mass is 9.93. The van der Waals surface area contributed by atoms with E-state index in [0.717, 1.165) is 19.4 Å². The molecular formula is C16H22N4. The molecule has 0 amide bonds. The predicted octanol–water partition coefficient (Wildman–Crippen LogP) is 2.19. The van der Waals surface area contributed by atoms with Gasteiger partial charge in [-0.2, -0.15) is 5.26 Å². The summed E-state index contributed by atoms with van der Waals surface area (Å²) in [6, 6.07) is 3.21. The smallest absolute Gasteiger partial charge is 0.127 e. The average molecular weight is 270 g/mol. The molecule has 0 spiro atoms. The molecule has 4 nitrogen and oxygen atoms in total. The lowest BCUT2D eigenvalue weighted by Gasteiger charge is -2.30. The van der Waals surface area contributed by atoms with E-state index >= 15 is 0 Å². The van der Waals surface area contributed by atoms with E-state index in [0.29, 0.717) is 12.0 Å². The number of imidazole rings is 1. The summed E-state index contributed by atoms with van der Waals surface area (Å²) in [7, 11) is 0. The van der Waals surface area contributed by atoms with Crippen LogP contribution in [0.1, 0.15) is 49.9 Å². The number of rotatable bonds is 5. The number of nitriles is 1. The van der Waals surface area contributed by atoms with E-state index in [-0.39, 0.29) is 5.54 Å². The first kappa shape index (κ1) is 12.4. The van der Waals surface area contributed by atoms with Gasteiger partial charge in [-0.25, -0.2) is 4.98 Å². The highest BCUT2D eigenvalue weighted by molar-refractivity contribution is 5.21. The highest BCUT2D eigenvalue weighted by atomic mass is 15.1. The number of nitrogens with zero attached hydrogens (tertiary/aromatic N) is 3. The largest absolute Gasteiger partial charge is 0.331 e. The minimum atomic E-state index is -0.354. The fraction of sp³-hybridized carbons (Fsp3) is 0.750. The summed E-state index contributed by atoms with van der Waals surface area (Å²) in [5, 5.41) is 13.5. The van der Waals surface area contributed by atoms with Crippen LogP contribution in [0.15, 0.2) is 6.33 Å². The Labute approximate surface area is 120 Å². The van der Waals surface area contributed by atoms with Gasteiger partial charge in [-0.15, -0.1) is 0 Å². The van der Waals surface area contributed by atoms with Gasteiger partial charge < -0.3 is 4.57 Å². The molecule has 20 heavy (non-hydrogen) atoms. The maximum Gasteiger partial charge on any atom is 0.127 e. The Bertz CT molecular complexity index is 547. The first-order valence-corrected chi connectivity index (χ1v) is 8.02. The third-order valence-electron chi connectivity index (χ3n) is 5.04. The lowest BCUT2D eigenvalue weighted by Crippen LogP contribution is -2.50. The van der Waals surface area contributed by atoms with E-state index in [2.05, 4.69) is 20.9 Å². The predicted molar refractivity (Wildman–Crippen MR) is 76.1 cm³/mol. The molecule has 0 aliphatic heterocycles. The summed E-state index contributed by atoms with van der Waals surface area (Å²) < 4.78 is 2.27. The molecule has 1 aromatic heterocycles. The Morgan fingerprint density at radius 3 is 2.80 bits per heavy atom. The average Bonchev–Trinajstić information content (AvgIpc) is 3.38. The van der Waals surface area contributed by atoms with E-state index in [1.807, 2.05) is 6.33 Å². The van der Waals surface area contributed by atoms with Crippen molar-refractivity contribution in [1.29, 1.82) is 5.26 Å². The topological polar surface area (TPSA) is 53.6 Å². The Morgan fingerprint density at radius 2 is 2.10 bits per heavy atom. The van der Waals surface area contributed by atoms with Crippen molar-refractivity contribution in [3.8, 4) is 6.07 Å². The third kappa shape index (κ3) is 2.14. The van der Waals surface area contributed by atoms with E-state index in [1.165, 1.54) is 49.9 Å². The van der Waals surface area contributed by atoms with Gasteiger partial charge in [0.25, 0.3) is 0 Å². The van der Waals surface area contributed by atoms with E-state index < -0.39 is 0 Å². The van der Waals surface area contributed by atoms with E-state index in [1.54, 1.807) is 0 Å². The Hall–Kier alpha value is -1.34. The molecule has 0 bridgehead atoms. The molecule has 3 aliphatic carbocycles. The van der Waals surface area contributed by atoms with Gasteiger partial charge in [0.2, 0.25) is 0 Å². The van der Waals surface area contributed by atoms with Crippen molar-refractivity contribution in [3.05, 3.63) is 17.7 Å². The van der Waals surface area contributed by atoms with Crippen molar-refractivity contribution < 1.29 is 0 Å². The normalized spacial score (nSPS) is 24.8. The fourth-order valence-corrected chi connectivity index (χ4v) is 3.56. The molecule has 0 aromatic carbocycles. The first-order valence-electron chi connectivity index (χ1n) is 8.02. The van der Waals surface area contributed by atoms with Crippen LogP contribution in [-0.2, 0) is 19.4 Å². The number of aromatic nitrogens is 2. The van der Waals surface area contributed by atoms with Crippen molar-refractivity contribution in [2.75, 3.05) is 0 Å². The van der Waals surface area contributed by atoms with Gasteiger partial charge in [0.15, 0.2) is 0 Å². The minimum absolute atomic E-state index is 0.354. The zero-order chi connectivity index (χ0) is 13.6. The van der Waals surface area contributed by atoms with Gasteiger partial charge in [0.05, 0.1) is 24.6 Å². The van der Waals surface area contributed by atoms with Crippen LogP contribution in [0.5, 0.6) is 0 Å². The van der Waals surface area contributed by atoms with Crippen molar-refractivity contribution in [2.24, 2.45) is 5.92 Å². The lowest BCUT2D eigenvalue weighted by molar-refractivity contribution is 0.310. The number of aryl methyl sites for hydroxylation is 1. The second-order valence-corrected chi connectivity index (χ2v) is 6.75. The number of hydrogen-bond donors (Lipinski definition) is 1. The maximum absolute atomic E-state index is 9.82. The molecule has 1 atom stereocenters. The molecule has 4 heteroatoms. The van der Waals surface area contributed by atoms with Gasteiger partial charge in [-0.1, -0.05) is 0 Å². The molecule has 2 saturated carbocycles. The molecule has 3 aliphatic rings. The zero-order valence-corrected chi connectivity index (χ0v) is 11.9. The van der Waals surface area contributed by atoms with Crippen LogP contribution in [0.3, 0.4) is 0 Å². The van der Waals surface area contributed by atoms with Gasteiger partial charge >= 0.3 is 0 Å². The molecule has 4 rings (SSSR count). The maximum atomic E-state index is 9.82. The number of hydrogen-bond acceptors (Lipinski definition) is 3. The number of nitrogens with one attached hydrogen (secondary N) is 1. The van der Waals surface area contributed by atoms with Crippen molar-refractivity contribution >= 4 is 0 Å². The quantitative estimate of drug-likeness (QED) is 0.892. The molecule has 1 unspecified atom stereocenters. The van der Waals surface area contributed by atoms with E-state index in [4.69, 9.17) is 0 Å². The van der Waals surface area contributed by atoms with Crippen LogP contribution >= 0.6 is 0 Å². The molecule has 0 radical (unpaired) electrons. The standard InChI is InChI=1S/C16H22N4/c17-9-16(12-5-6-12,19-13-7-8-13)10-20-11-18-14-3-1-2-4-15(14)20/h11-13,19H,1-8,10H2. The molecular weight excluding hydrogens is 248 g/mol. The SMILES string of the molecule is N#CC(Cn1cnc2c1CCCC2)(NC1CC1)C1CC1. The van der Waals surface area contributed by atoms with Crippen LogP contribution in [-0.4, -0.2) is 21.1 Å². The van der Waals surface area contributed by atoms with Crippen LogP contribution in [0.4, 0.5) is 0 Å². The van der Waals surface area contributed by atoms with Crippen LogP contribution in [0.25, 0.3) is 0 Å². The summed E-state index contributed by atoms with van der Waals surface area (Å²) in [6.45, 7) is 0.785. The minimum Gasteiger partial charge on any atom is -0.331 e. The molecule has 0 saturated heterocycles. The van der Waals surface area contributed by atoms with Crippen molar-refractivity contribution in [3.63, 3.8) is 0 Å². The summed E-state index contributed by atoms with van der Waals surface area (Å²) in [5.41, 5.74) is 2.30. The monoisotopic (exact) mass is 270 g/mol. The van der Waals surface area contributed by atoms with Crippen LogP contribution in [0.2, 0.25) is 0 Å². The highest BCUT2D eigenvalue weighted by Gasteiger charge is 2.48. The second-order valence-electron chi connectivity index (χ2n) is 6.75. The zero-order valence-electron chi connectivity index (χ0n) is 11.9. The first-order chi connectivity index (χ1) is 9.81. The van der Waals surface area contributed by atoms with Crippen molar-refractivity contribution in [2.45, 2.75) is 69.5 Å². The second kappa shape index (κ2) is 4.60. The molecule has 2 fully saturated rings. The van der Waals surface area contributed by atoms with Gasteiger partial charge in [-0.3, -0.25) is 5.32 Å². The molecule has 1 aromatic rings. The molecule has 106 valence electrons. The molecule has 1 N–H and O–H groups in total. The Balaban J connectivity index is 1.61. The Kier molecular flexibility index (Phi) is 2.85.